The van der Waals surface area contributed by atoms with Gasteiger partial charge in [0.2, 0.25) is 0 Å². The minimum Gasteiger partial charge on any atom is -0.355 e. The molecule has 1 aromatic heterocycles. The molecule has 1 heterocycles. The molecule has 0 fully saturated rings. The second kappa shape index (κ2) is 6.04. The number of anilines is 1. The number of nitrogens with two attached hydrogens (primary N) is 1. The van der Waals surface area contributed by atoms with E-state index in [1.54, 1.807) is 6.20 Å². The first kappa shape index (κ1) is 13.8. The summed E-state index contributed by atoms with van der Waals surface area (Å²) in [6.07, 6.45) is 1.66. The SMILES string of the molecule is Cc1ccc(CN(C)c2cc(CN)c(Cl)cn2)cc1. The molecule has 0 aliphatic heterocycles. The zero-order valence-corrected chi connectivity index (χ0v) is 12.0. The molecule has 0 bridgehead atoms. The number of rotatable bonds is 4. The van der Waals surface area contributed by atoms with E-state index in [1.165, 1.54) is 11.1 Å². The van der Waals surface area contributed by atoms with E-state index in [4.69, 9.17) is 17.3 Å². The highest BCUT2D eigenvalue weighted by molar-refractivity contribution is 6.31. The summed E-state index contributed by atoms with van der Waals surface area (Å²) < 4.78 is 0. The Morgan fingerprint density at radius 2 is 1.95 bits per heavy atom. The lowest BCUT2D eigenvalue weighted by Gasteiger charge is -2.19. The maximum absolute atomic E-state index is 6.02. The first-order valence-electron chi connectivity index (χ1n) is 6.21. The lowest BCUT2D eigenvalue weighted by Crippen LogP contribution is -2.18. The normalized spacial score (nSPS) is 10.5. The standard InChI is InChI=1S/C15H18ClN3/c1-11-3-5-12(6-4-11)10-19(2)15-7-13(8-17)14(16)9-18-15/h3-7,9H,8,10,17H2,1-2H3. The lowest BCUT2D eigenvalue weighted by atomic mass is 10.1. The summed E-state index contributed by atoms with van der Waals surface area (Å²) in [5, 5.41) is 0.620. The van der Waals surface area contributed by atoms with Gasteiger partial charge in [-0.3, -0.25) is 0 Å². The zero-order valence-electron chi connectivity index (χ0n) is 11.2. The van der Waals surface area contributed by atoms with Crippen LogP contribution in [0.15, 0.2) is 36.5 Å². The van der Waals surface area contributed by atoms with Crippen LogP contribution in [0.4, 0.5) is 5.82 Å². The molecule has 0 spiro atoms. The van der Waals surface area contributed by atoms with Gasteiger partial charge in [0.15, 0.2) is 0 Å². The van der Waals surface area contributed by atoms with Gasteiger partial charge < -0.3 is 10.6 Å². The number of pyridine rings is 1. The molecule has 0 radical (unpaired) electrons. The highest BCUT2D eigenvalue weighted by Crippen LogP contribution is 2.20. The average Bonchev–Trinajstić information content (AvgIpc) is 2.42. The van der Waals surface area contributed by atoms with Gasteiger partial charge in [-0.2, -0.15) is 0 Å². The van der Waals surface area contributed by atoms with Crippen molar-refractivity contribution in [2.75, 3.05) is 11.9 Å². The molecular formula is C15H18ClN3. The maximum atomic E-state index is 6.02. The van der Waals surface area contributed by atoms with E-state index >= 15 is 0 Å². The second-order valence-corrected chi connectivity index (χ2v) is 5.09. The predicted molar refractivity (Wildman–Crippen MR) is 80.4 cm³/mol. The fourth-order valence-corrected chi connectivity index (χ4v) is 2.06. The Labute approximate surface area is 119 Å². The van der Waals surface area contributed by atoms with Crippen molar-refractivity contribution in [2.45, 2.75) is 20.0 Å². The topological polar surface area (TPSA) is 42.1 Å². The van der Waals surface area contributed by atoms with E-state index in [0.29, 0.717) is 11.6 Å². The van der Waals surface area contributed by atoms with Crippen LogP contribution >= 0.6 is 11.6 Å². The summed E-state index contributed by atoms with van der Waals surface area (Å²) in [5.41, 5.74) is 9.09. The molecule has 0 saturated heterocycles. The predicted octanol–water partition coefficient (Wildman–Crippen LogP) is 3.14. The van der Waals surface area contributed by atoms with Gasteiger partial charge in [-0.25, -0.2) is 4.98 Å². The quantitative estimate of drug-likeness (QED) is 0.932. The van der Waals surface area contributed by atoms with Crippen LogP contribution in [-0.2, 0) is 13.1 Å². The fourth-order valence-electron chi connectivity index (χ4n) is 1.88. The molecule has 0 unspecified atom stereocenters. The molecule has 2 aromatic rings. The van der Waals surface area contributed by atoms with Crippen LogP contribution in [0.3, 0.4) is 0 Å². The van der Waals surface area contributed by atoms with Crippen molar-refractivity contribution in [3.8, 4) is 0 Å². The first-order valence-corrected chi connectivity index (χ1v) is 6.59. The minimum atomic E-state index is 0.423. The summed E-state index contributed by atoms with van der Waals surface area (Å²) in [6, 6.07) is 10.4. The van der Waals surface area contributed by atoms with Crippen LogP contribution < -0.4 is 10.6 Å². The third kappa shape index (κ3) is 3.46. The number of halogens is 1. The van der Waals surface area contributed by atoms with E-state index in [-0.39, 0.29) is 0 Å². The van der Waals surface area contributed by atoms with Gasteiger partial charge in [-0.1, -0.05) is 41.4 Å². The maximum Gasteiger partial charge on any atom is 0.128 e. The molecule has 2 rings (SSSR count). The van der Waals surface area contributed by atoms with Crippen LogP contribution in [0.2, 0.25) is 5.02 Å². The van der Waals surface area contributed by atoms with Crippen molar-refractivity contribution < 1.29 is 0 Å². The van der Waals surface area contributed by atoms with Crippen molar-refractivity contribution in [1.82, 2.24) is 4.98 Å². The first-order chi connectivity index (χ1) is 9.10. The number of hydrogen-bond donors (Lipinski definition) is 1. The van der Waals surface area contributed by atoms with Crippen LogP contribution in [0.25, 0.3) is 0 Å². The molecular weight excluding hydrogens is 258 g/mol. The van der Waals surface area contributed by atoms with E-state index in [0.717, 1.165) is 17.9 Å². The molecule has 0 aliphatic rings. The van der Waals surface area contributed by atoms with E-state index in [9.17, 15) is 0 Å². The number of benzene rings is 1. The average molecular weight is 276 g/mol. The van der Waals surface area contributed by atoms with E-state index in [1.807, 2.05) is 13.1 Å². The third-order valence-corrected chi connectivity index (χ3v) is 3.41. The van der Waals surface area contributed by atoms with Crippen molar-refractivity contribution in [1.29, 1.82) is 0 Å². The largest absolute Gasteiger partial charge is 0.355 e. The highest BCUT2D eigenvalue weighted by Gasteiger charge is 2.07. The summed E-state index contributed by atoms with van der Waals surface area (Å²) in [7, 11) is 2.01. The second-order valence-electron chi connectivity index (χ2n) is 4.68. The number of hydrogen-bond acceptors (Lipinski definition) is 3. The zero-order chi connectivity index (χ0) is 13.8. The summed E-state index contributed by atoms with van der Waals surface area (Å²) in [4.78, 5) is 6.42. The molecule has 3 nitrogen and oxygen atoms in total. The van der Waals surface area contributed by atoms with Gasteiger partial charge in [0, 0.05) is 26.3 Å². The van der Waals surface area contributed by atoms with Gasteiger partial charge in [-0.15, -0.1) is 0 Å². The molecule has 0 atom stereocenters. The number of aryl methyl sites for hydroxylation is 1. The Morgan fingerprint density at radius 3 is 2.58 bits per heavy atom. The molecule has 4 heteroatoms. The Kier molecular flexibility index (Phi) is 4.40. The van der Waals surface area contributed by atoms with Crippen molar-refractivity contribution in [2.24, 2.45) is 5.73 Å². The summed E-state index contributed by atoms with van der Waals surface area (Å²) in [5.74, 6) is 0.880. The third-order valence-electron chi connectivity index (χ3n) is 3.07. The summed E-state index contributed by atoms with van der Waals surface area (Å²) in [6.45, 7) is 3.31. The Morgan fingerprint density at radius 1 is 1.26 bits per heavy atom. The smallest absolute Gasteiger partial charge is 0.128 e. The molecule has 0 saturated carbocycles. The highest BCUT2D eigenvalue weighted by atomic mass is 35.5. The van der Waals surface area contributed by atoms with E-state index in [2.05, 4.69) is 41.1 Å². The Hall–Kier alpha value is -1.58. The molecule has 2 N–H and O–H groups in total. The van der Waals surface area contributed by atoms with Crippen LogP contribution in [0.5, 0.6) is 0 Å². The van der Waals surface area contributed by atoms with Crippen LogP contribution in [-0.4, -0.2) is 12.0 Å². The molecule has 19 heavy (non-hydrogen) atoms. The minimum absolute atomic E-state index is 0.423. The van der Waals surface area contributed by atoms with Crippen molar-refractivity contribution >= 4 is 17.4 Å². The van der Waals surface area contributed by atoms with Gasteiger partial charge in [-0.05, 0) is 24.1 Å². The molecule has 1 aromatic carbocycles. The van der Waals surface area contributed by atoms with Gasteiger partial charge >= 0.3 is 0 Å². The molecule has 0 aliphatic carbocycles. The van der Waals surface area contributed by atoms with Crippen LogP contribution in [0, 0.1) is 6.92 Å². The fraction of sp³-hybridized carbons (Fsp3) is 0.267. The lowest BCUT2D eigenvalue weighted by molar-refractivity contribution is 0.892. The van der Waals surface area contributed by atoms with E-state index < -0.39 is 0 Å². The Balaban J connectivity index is 2.15. The number of aromatic nitrogens is 1. The van der Waals surface area contributed by atoms with Gasteiger partial charge in [0.1, 0.15) is 5.82 Å². The number of nitrogens with zero attached hydrogens (tertiary/aromatic N) is 2. The van der Waals surface area contributed by atoms with Gasteiger partial charge in [0.05, 0.1) is 5.02 Å². The Bertz CT molecular complexity index is 552. The molecule has 0 amide bonds. The van der Waals surface area contributed by atoms with Crippen LogP contribution in [0.1, 0.15) is 16.7 Å². The monoisotopic (exact) mass is 275 g/mol. The van der Waals surface area contributed by atoms with Crippen molar-refractivity contribution in [3.05, 3.63) is 58.2 Å². The molecule has 100 valence electrons. The van der Waals surface area contributed by atoms with Gasteiger partial charge in [0.25, 0.3) is 0 Å². The summed E-state index contributed by atoms with van der Waals surface area (Å²) >= 11 is 6.02. The van der Waals surface area contributed by atoms with Crippen molar-refractivity contribution in [3.63, 3.8) is 0 Å².